The van der Waals surface area contributed by atoms with Crippen molar-refractivity contribution in [2.45, 2.75) is 18.9 Å². The van der Waals surface area contributed by atoms with Gasteiger partial charge in [-0.1, -0.05) is 11.6 Å². The molecular formula is C14H18ClIN2O2. The lowest BCUT2D eigenvalue weighted by atomic mass is 10.1. The van der Waals surface area contributed by atoms with Crippen molar-refractivity contribution < 1.29 is 9.90 Å². The zero-order chi connectivity index (χ0) is 14.5. The van der Waals surface area contributed by atoms with E-state index in [0.717, 1.165) is 23.0 Å². The molecule has 6 heteroatoms. The Morgan fingerprint density at radius 1 is 1.55 bits per heavy atom. The van der Waals surface area contributed by atoms with Crippen molar-refractivity contribution in [3.05, 3.63) is 32.4 Å². The molecule has 1 unspecified atom stereocenters. The molecule has 1 heterocycles. The highest BCUT2D eigenvalue weighted by Crippen LogP contribution is 2.20. The van der Waals surface area contributed by atoms with Gasteiger partial charge >= 0.3 is 0 Å². The Labute approximate surface area is 137 Å². The predicted molar refractivity (Wildman–Crippen MR) is 88.2 cm³/mol. The highest BCUT2D eigenvalue weighted by Gasteiger charge is 2.23. The molecule has 2 N–H and O–H groups in total. The van der Waals surface area contributed by atoms with Gasteiger partial charge in [-0.25, -0.2) is 0 Å². The van der Waals surface area contributed by atoms with E-state index < -0.39 is 0 Å². The Kier molecular flexibility index (Phi) is 6.07. The summed E-state index contributed by atoms with van der Waals surface area (Å²) in [7, 11) is 0. The Morgan fingerprint density at radius 2 is 2.35 bits per heavy atom. The van der Waals surface area contributed by atoms with Crippen molar-refractivity contribution in [2.24, 2.45) is 0 Å². The number of carbonyl (C=O) groups is 1. The highest BCUT2D eigenvalue weighted by molar-refractivity contribution is 14.1. The van der Waals surface area contributed by atoms with E-state index in [0.29, 0.717) is 29.7 Å². The largest absolute Gasteiger partial charge is 0.395 e. The average Bonchev–Trinajstić information content (AvgIpc) is 2.93. The number of aliphatic hydroxyl groups excluding tert-OH is 1. The number of hydrogen-bond acceptors (Lipinski definition) is 3. The molecular weight excluding hydrogens is 391 g/mol. The van der Waals surface area contributed by atoms with Gasteiger partial charge in [-0.3, -0.25) is 4.79 Å². The molecule has 1 aromatic carbocycles. The number of nitrogens with zero attached hydrogens (tertiary/aromatic N) is 1. The van der Waals surface area contributed by atoms with Crippen LogP contribution in [0.15, 0.2) is 18.2 Å². The van der Waals surface area contributed by atoms with Gasteiger partial charge in [0.2, 0.25) is 0 Å². The first-order valence-corrected chi connectivity index (χ1v) is 8.16. The van der Waals surface area contributed by atoms with Crippen LogP contribution in [-0.2, 0) is 0 Å². The first-order valence-electron chi connectivity index (χ1n) is 6.70. The second kappa shape index (κ2) is 7.59. The third-order valence-corrected chi connectivity index (χ3v) is 4.59. The number of rotatable bonds is 5. The molecule has 1 amide bonds. The van der Waals surface area contributed by atoms with E-state index in [1.807, 2.05) is 6.07 Å². The SMILES string of the molecule is O=C(c1cc(Cl)ccc1I)N(CCO)CC1CCCN1. The summed E-state index contributed by atoms with van der Waals surface area (Å²) in [5, 5.41) is 13.1. The number of nitrogens with one attached hydrogen (secondary N) is 1. The lowest BCUT2D eigenvalue weighted by Gasteiger charge is -2.25. The van der Waals surface area contributed by atoms with Gasteiger partial charge in [0.15, 0.2) is 0 Å². The summed E-state index contributed by atoms with van der Waals surface area (Å²) in [6.45, 7) is 1.94. The molecule has 1 saturated heterocycles. The van der Waals surface area contributed by atoms with Crippen LogP contribution in [0.3, 0.4) is 0 Å². The molecule has 1 atom stereocenters. The van der Waals surface area contributed by atoms with E-state index >= 15 is 0 Å². The second-order valence-corrected chi connectivity index (χ2v) is 6.49. The van der Waals surface area contributed by atoms with Crippen molar-refractivity contribution >= 4 is 40.1 Å². The van der Waals surface area contributed by atoms with E-state index in [2.05, 4.69) is 27.9 Å². The minimum Gasteiger partial charge on any atom is -0.395 e. The highest BCUT2D eigenvalue weighted by atomic mass is 127. The van der Waals surface area contributed by atoms with Crippen LogP contribution < -0.4 is 5.32 Å². The van der Waals surface area contributed by atoms with Crippen LogP contribution in [-0.4, -0.2) is 48.2 Å². The van der Waals surface area contributed by atoms with Gasteiger partial charge in [-0.2, -0.15) is 0 Å². The van der Waals surface area contributed by atoms with Gasteiger partial charge in [0.25, 0.3) is 5.91 Å². The molecule has 0 aromatic heterocycles. The van der Waals surface area contributed by atoms with Gasteiger partial charge in [0, 0.05) is 27.7 Å². The van der Waals surface area contributed by atoms with Crippen LogP contribution in [0.1, 0.15) is 23.2 Å². The molecule has 0 aliphatic carbocycles. The van der Waals surface area contributed by atoms with Gasteiger partial charge in [0.1, 0.15) is 0 Å². The van der Waals surface area contributed by atoms with Crippen LogP contribution in [0, 0.1) is 3.57 Å². The molecule has 1 aromatic rings. The van der Waals surface area contributed by atoms with E-state index in [1.54, 1.807) is 17.0 Å². The number of halogens is 2. The summed E-state index contributed by atoms with van der Waals surface area (Å²) in [5.41, 5.74) is 0.601. The maximum atomic E-state index is 12.6. The number of aliphatic hydroxyl groups is 1. The van der Waals surface area contributed by atoms with E-state index in [-0.39, 0.29) is 12.5 Å². The fourth-order valence-corrected chi connectivity index (χ4v) is 3.15. The Bertz CT molecular complexity index is 478. The lowest BCUT2D eigenvalue weighted by Crippen LogP contribution is -2.42. The smallest absolute Gasteiger partial charge is 0.255 e. The fourth-order valence-electron chi connectivity index (χ4n) is 2.41. The second-order valence-electron chi connectivity index (χ2n) is 4.89. The topological polar surface area (TPSA) is 52.6 Å². The van der Waals surface area contributed by atoms with Gasteiger partial charge in [0.05, 0.1) is 12.2 Å². The number of hydrogen-bond donors (Lipinski definition) is 2. The van der Waals surface area contributed by atoms with Gasteiger partial charge in [-0.05, 0) is 60.2 Å². The number of benzene rings is 1. The zero-order valence-electron chi connectivity index (χ0n) is 11.1. The summed E-state index contributed by atoms with van der Waals surface area (Å²) in [6.07, 6.45) is 2.21. The fraction of sp³-hybridized carbons (Fsp3) is 0.500. The zero-order valence-corrected chi connectivity index (χ0v) is 14.0. The molecule has 0 bridgehead atoms. The molecule has 20 heavy (non-hydrogen) atoms. The first-order chi connectivity index (χ1) is 9.61. The van der Waals surface area contributed by atoms with Crippen LogP contribution in [0.2, 0.25) is 5.02 Å². The number of carbonyl (C=O) groups excluding carboxylic acids is 1. The summed E-state index contributed by atoms with van der Waals surface area (Å²) >= 11 is 8.11. The summed E-state index contributed by atoms with van der Waals surface area (Å²) < 4.78 is 0.874. The molecule has 0 radical (unpaired) electrons. The first kappa shape index (κ1) is 16.0. The van der Waals surface area contributed by atoms with Crippen LogP contribution in [0.4, 0.5) is 0 Å². The maximum Gasteiger partial charge on any atom is 0.255 e. The third-order valence-electron chi connectivity index (χ3n) is 3.42. The minimum atomic E-state index is -0.0698. The van der Waals surface area contributed by atoms with Crippen molar-refractivity contribution in [1.82, 2.24) is 10.2 Å². The van der Waals surface area contributed by atoms with E-state index in [1.165, 1.54) is 0 Å². The van der Waals surface area contributed by atoms with Crippen LogP contribution in [0.5, 0.6) is 0 Å². The van der Waals surface area contributed by atoms with E-state index in [9.17, 15) is 9.90 Å². The van der Waals surface area contributed by atoms with Gasteiger partial charge in [-0.15, -0.1) is 0 Å². The monoisotopic (exact) mass is 408 g/mol. The Morgan fingerprint density at radius 3 is 3.00 bits per heavy atom. The van der Waals surface area contributed by atoms with Crippen molar-refractivity contribution in [3.8, 4) is 0 Å². The molecule has 1 fully saturated rings. The molecule has 1 aliphatic heterocycles. The standard InChI is InChI=1S/C14H18ClIN2O2/c15-10-3-4-13(16)12(8-10)14(20)18(6-7-19)9-11-2-1-5-17-11/h3-4,8,11,17,19H,1-2,5-7,9H2. The average molecular weight is 409 g/mol. The Balaban J connectivity index is 2.14. The van der Waals surface area contributed by atoms with Crippen molar-refractivity contribution in [1.29, 1.82) is 0 Å². The minimum absolute atomic E-state index is 0.0321. The van der Waals surface area contributed by atoms with Crippen LogP contribution in [0.25, 0.3) is 0 Å². The molecule has 0 spiro atoms. The summed E-state index contributed by atoms with van der Waals surface area (Å²) in [5.74, 6) is -0.0698. The predicted octanol–water partition coefficient (Wildman–Crippen LogP) is 2.13. The molecule has 110 valence electrons. The summed E-state index contributed by atoms with van der Waals surface area (Å²) in [6, 6.07) is 5.62. The number of amides is 1. The molecule has 4 nitrogen and oxygen atoms in total. The summed E-state index contributed by atoms with van der Waals surface area (Å²) in [4.78, 5) is 14.3. The normalized spacial score (nSPS) is 18.2. The van der Waals surface area contributed by atoms with Gasteiger partial charge < -0.3 is 15.3 Å². The molecule has 0 saturated carbocycles. The lowest BCUT2D eigenvalue weighted by molar-refractivity contribution is 0.0705. The molecule has 2 rings (SSSR count). The quantitative estimate of drug-likeness (QED) is 0.734. The third kappa shape index (κ3) is 4.07. The van der Waals surface area contributed by atoms with E-state index in [4.69, 9.17) is 11.6 Å². The molecule has 1 aliphatic rings. The maximum absolute atomic E-state index is 12.6. The van der Waals surface area contributed by atoms with Crippen LogP contribution >= 0.6 is 34.2 Å². The Hall–Kier alpha value is -0.370. The van der Waals surface area contributed by atoms with Crippen molar-refractivity contribution in [3.63, 3.8) is 0 Å². The van der Waals surface area contributed by atoms with Crippen molar-refractivity contribution in [2.75, 3.05) is 26.2 Å².